The molecule has 1 heterocycles. The van der Waals surface area contributed by atoms with E-state index < -0.39 is 0 Å². The first-order valence-corrected chi connectivity index (χ1v) is 8.80. The van der Waals surface area contributed by atoms with Crippen molar-refractivity contribution in [2.45, 2.75) is 51.6 Å². The molecule has 1 aliphatic rings. The number of carbonyl (C=O) groups excluding carboxylic acids is 1. The second kappa shape index (κ2) is 9.04. The van der Waals surface area contributed by atoms with Crippen LogP contribution in [0.2, 0.25) is 0 Å². The second-order valence-corrected chi connectivity index (χ2v) is 6.55. The Morgan fingerprint density at radius 2 is 1.96 bits per heavy atom. The van der Waals surface area contributed by atoms with Crippen molar-refractivity contribution in [3.05, 3.63) is 35.4 Å². The number of hydrogen-bond acceptors (Lipinski definition) is 3. The van der Waals surface area contributed by atoms with Crippen LogP contribution in [-0.2, 0) is 17.8 Å². The van der Waals surface area contributed by atoms with Crippen LogP contribution in [0.15, 0.2) is 24.3 Å². The predicted octanol–water partition coefficient (Wildman–Crippen LogP) is 2.44. The fourth-order valence-electron chi connectivity index (χ4n) is 3.28. The predicted molar refractivity (Wildman–Crippen MR) is 93.2 cm³/mol. The molecule has 0 radical (unpaired) electrons. The summed E-state index contributed by atoms with van der Waals surface area (Å²) in [5, 5.41) is 9.20. The summed E-state index contributed by atoms with van der Waals surface area (Å²) in [7, 11) is 1.88. The molecule has 0 spiro atoms. The Labute approximate surface area is 140 Å². The van der Waals surface area contributed by atoms with Gasteiger partial charge in [-0.25, -0.2) is 0 Å². The van der Waals surface area contributed by atoms with Crippen LogP contribution in [-0.4, -0.2) is 53.6 Å². The number of rotatable bonds is 7. The summed E-state index contributed by atoms with van der Waals surface area (Å²) in [6.45, 7) is 4.44. The van der Waals surface area contributed by atoms with Gasteiger partial charge < -0.3 is 10.0 Å². The molecule has 128 valence electrons. The minimum atomic E-state index is 0.161. The molecule has 1 aromatic rings. The highest BCUT2D eigenvalue weighted by atomic mass is 16.3. The first kappa shape index (κ1) is 18.0. The van der Waals surface area contributed by atoms with Crippen LogP contribution in [0.4, 0.5) is 0 Å². The van der Waals surface area contributed by atoms with E-state index in [4.69, 9.17) is 0 Å². The van der Waals surface area contributed by atoms with E-state index in [1.165, 1.54) is 17.5 Å². The molecule has 0 saturated carbocycles. The van der Waals surface area contributed by atoms with E-state index in [1.54, 1.807) is 0 Å². The minimum absolute atomic E-state index is 0.161. The van der Waals surface area contributed by atoms with Crippen molar-refractivity contribution in [3.8, 4) is 0 Å². The highest BCUT2D eigenvalue weighted by Crippen LogP contribution is 2.19. The lowest BCUT2D eigenvalue weighted by atomic mass is 9.99. The molecule has 1 aromatic carbocycles. The Morgan fingerprint density at radius 1 is 1.26 bits per heavy atom. The van der Waals surface area contributed by atoms with Crippen LogP contribution in [0.5, 0.6) is 0 Å². The molecule has 23 heavy (non-hydrogen) atoms. The summed E-state index contributed by atoms with van der Waals surface area (Å²) in [6, 6.07) is 8.84. The lowest BCUT2D eigenvalue weighted by Crippen LogP contribution is -2.46. The number of hydrogen-bond donors (Lipinski definition) is 1. The number of aliphatic hydroxyl groups excluding tert-OH is 1. The molecule has 1 unspecified atom stereocenters. The standard InChI is InChI=1S/C19H30N2O2/c1-3-16-7-9-17(10-8-16)14-20(2)19(23)15-21-12-5-4-6-18(21)11-13-22/h7-10,18,22H,3-6,11-15H2,1-2H3. The van der Waals surface area contributed by atoms with Gasteiger partial charge in [0.1, 0.15) is 0 Å². The average Bonchev–Trinajstić information content (AvgIpc) is 2.57. The Morgan fingerprint density at radius 3 is 2.61 bits per heavy atom. The van der Waals surface area contributed by atoms with E-state index in [9.17, 15) is 9.90 Å². The Balaban J connectivity index is 1.87. The zero-order valence-electron chi connectivity index (χ0n) is 14.5. The molecular formula is C19H30N2O2. The highest BCUT2D eigenvalue weighted by Gasteiger charge is 2.24. The van der Waals surface area contributed by atoms with Gasteiger partial charge >= 0.3 is 0 Å². The molecule has 1 saturated heterocycles. The van der Waals surface area contributed by atoms with Crippen molar-refractivity contribution in [2.24, 2.45) is 0 Å². The third kappa shape index (κ3) is 5.33. The number of aryl methyl sites for hydroxylation is 1. The first-order valence-electron chi connectivity index (χ1n) is 8.80. The van der Waals surface area contributed by atoms with Crippen LogP contribution in [0, 0.1) is 0 Å². The minimum Gasteiger partial charge on any atom is -0.396 e. The Hall–Kier alpha value is -1.39. The van der Waals surface area contributed by atoms with E-state index in [0.717, 1.165) is 32.2 Å². The summed E-state index contributed by atoms with van der Waals surface area (Å²) in [6.07, 6.45) is 5.26. The van der Waals surface area contributed by atoms with Crippen molar-refractivity contribution in [1.29, 1.82) is 0 Å². The van der Waals surface area contributed by atoms with Gasteiger partial charge in [-0.2, -0.15) is 0 Å². The van der Waals surface area contributed by atoms with Crippen molar-refractivity contribution in [3.63, 3.8) is 0 Å². The number of likely N-dealkylation sites (tertiary alicyclic amines) is 1. The maximum atomic E-state index is 12.5. The molecule has 2 rings (SSSR count). The summed E-state index contributed by atoms with van der Waals surface area (Å²) in [4.78, 5) is 16.6. The summed E-state index contributed by atoms with van der Waals surface area (Å²) in [5.41, 5.74) is 2.49. The van der Waals surface area contributed by atoms with E-state index in [1.807, 2.05) is 11.9 Å². The molecule has 0 aliphatic carbocycles. The Kier molecular flexibility index (Phi) is 7.06. The fraction of sp³-hybridized carbons (Fsp3) is 0.632. The third-order valence-electron chi connectivity index (χ3n) is 4.83. The van der Waals surface area contributed by atoms with E-state index >= 15 is 0 Å². The second-order valence-electron chi connectivity index (χ2n) is 6.55. The number of likely N-dealkylation sites (N-methyl/N-ethyl adjacent to an activating group) is 1. The lowest BCUT2D eigenvalue weighted by molar-refractivity contribution is -0.132. The molecular weight excluding hydrogens is 288 g/mol. The number of amides is 1. The van der Waals surface area contributed by atoms with E-state index in [-0.39, 0.29) is 12.5 Å². The quantitative estimate of drug-likeness (QED) is 0.840. The van der Waals surface area contributed by atoms with E-state index in [0.29, 0.717) is 19.1 Å². The molecule has 4 nitrogen and oxygen atoms in total. The number of carbonyl (C=O) groups is 1. The van der Waals surface area contributed by atoms with E-state index in [2.05, 4.69) is 36.1 Å². The van der Waals surface area contributed by atoms with Crippen LogP contribution < -0.4 is 0 Å². The van der Waals surface area contributed by atoms with Crippen LogP contribution >= 0.6 is 0 Å². The normalized spacial score (nSPS) is 18.8. The van der Waals surface area contributed by atoms with Crippen molar-refractivity contribution in [2.75, 3.05) is 26.7 Å². The van der Waals surface area contributed by atoms with Gasteiger partial charge in [0.05, 0.1) is 6.54 Å². The topological polar surface area (TPSA) is 43.8 Å². The molecule has 4 heteroatoms. The van der Waals surface area contributed by atoms with Crippen LogP contribution in [0.3, 0.4) is 0 Å². The molecule has 1 aliphatic heterocycles. The molecule has 1 fully saturated rings. The third-order valence-corrected chi connectivity index (χ3v) is 4.83. The molecule has 0 bridgehead atoms. The summed E-state index contributed by atoms with van der Waals surface area (Å²) >= 11 is 0. The number of benzene rings is 1. The van der Waals surface area contributed by atoms with Crippen molar-refractivity contribution < 1.29 is 9.90 Å². The maximum absolute atomic E-state index is 12.5. The van der Waals surface area contributed by atoms with Gasteiger partial charge in [0, 0.05) is 26.2 Å². The van der Waals surface area contributed by atoms with Gasteiger partial charge in [-0.3, -0.25) is 9.69 Å². The largest absolute Gasteiger partial charge is 0.396 e. The smallest absolute Gasteiger partial charge is 0.236 e. The zero-order chi connectivity index (χ0) is 16.7. The van der Waals surface area contributed by atoms with Gasteiger partial charge in [-0.15, -0.1) is 0 Å². The number of nitrogens with zero attached hydrogens (tertiary/aromatic N) is 2. The first-order chi connectivity index (χ1) is 11.1. The zero-order valence-corrected chi connectivity index (χ0v) is 14.5. The van der Waals surface area contributed by atoms with Gasteiger partial charge in [0.25, 0.3) is 0 Å². The van der Waals surface area contributed by atoms with Gasteiger partial charge in [-0.05, 0) is 43.4 Å². The summed E-state index contributed by atoms with van der Waals surface area (Å²) < 4.78 is 0. The van der Waals surface area contributed by atoms with Gasteiger partial charge in [0.2, 0.25) is 5.91 Å². The fourth-order valence-corrected chi connectivity index (χ4v) is 3.28. The van der Waals surface area contributed by atoms with Gasteiger partial charge in [0.15, 0.2) is 0 Å². The monoisotopic (exact) mass is 318 g/mol. The SMILES string of the molecule is CCc1ccc(CN(C)C(=O)CN2CCCCC2CCO)cc1. The molecule has 1 N–H and O–H groups in total. The van der Waals surface area contributed by atoms with Crippen LogP contribution in [0.1, 0.15) is 43.7 Å². The van der Waals surface area contributed by atoms with Crippen LogP contribution in [0.25, 0.3) is 0 Å². The molecule has 0 aromatic heterocycles. The number of piperidine rings is 1. The average molecular weight is 318 g/mol. The Bertz CT molecular complexity index is 485. The maximum Gasteiger partial charge on any atom is 0.236 e. The molecule has 1 atom stereocenters. The molecule has 1 amide bonds. The summed E-state index contributed by atoms with van der Waals surface area (Å²) in [5.74, 6) is 0.161. The van der Waals surface area contributed by atoms with Crippen molar-refractivity contribution in [1.82, 2.24) is 9.80 Å². The van der Waals surface area contributed by atoms with Crippen molar-refractivity contribution >= 4 is 5.91 Å². The highest BCUT2D eigenvalue weighted by molar-refractivity contribution is 5.78. The van der Waals surface area contributed by atoms with Gasteiger partial charge in [-0.1, -0.05) is 37.6 Å². The lowest BCUT2D eigenvalue weighted by Gasteiger charge is -2.35. The number of aliphatic hydroxyl groups is 1.